The topological polar surface area (TPSA) is 90.5 Å². The summed E-state index contributed by atoms with van der Waals surface area (Å²) in [6, 6.07) is 8.51. The number of carbonyl (C=O) groups excluding carboxylic acids is 2. The Bertz CT molecular complexity index is 458. The van der Waals surface area contributed by atoms with Gasteiger partial charge in [0.25, 0.3) is 0 Å². The highest BCUT2D eigenvalue weighted by atomic mass is 16.3. The standard InChI is InChI=1S/C15H23N3O3/c1-3-15(21,4-2)11-17-13(19)10-16-14(20)18-12-8-6-5-7-9-12/h5-9,21H,3-4,10-11H2,1-2H3,(H,17,19)(H2,16,18,20). The van der Waals surface area contributed by atoms with Crippen molar-refractivity contribution in [3.8, 4) is 0 Å². The molecule has 0 spiro atoms. The minimum absolute atomic E-state index is 0.137. The highest BCUT2D eigenvalue weighted by Gasteiger charge is 2.22. The lowest BCUT2D eigenvalue weighted by Gasteiger charge is -2.25. The molecule has 0 saturated heterocycles. The second-order valence-corrected chi connectivity index (χ2v) is 4.88. The summed E-state index contributed by atoms with van der Waals surface area (Å²) in [5.74, 6) is -0.335. The number of amides is 3. The molecule has 1 rings (SSSR count). The van der Waals surface area contributed by atoms with Crippen LogP contribution in [0.2, 0.25) is 0 Å². The van der Waals surface area contributed by atoms with E-state index in [1.54, 1.807) is 24.3 Å². The Balaban J connectivity index is 2.28. The van der Waals surface area contributed by atoms with Gasteiger partial charge < -0.3 is 21.1 Å². The highest BCUT2D eigenvalue weighted by molar-refractivity contribution is 5.92. The maximum Gasteiger partial charge on any atom is 0.319 e. The number of para-hydroxylation sites is 1. The van der Waals surface area contributed by atoms with Crippen molar-refractivity contribution in [3.05, 3.63) is 30.3 Å². The minimum atomic E-state index is -0.887. The van der Waals surface area contributed by atoms with Crippen LogP contribution in [-0.2, 0) is 4.79 Å². The molecule has 1 aromatic rings. The first-order chi connectivity index (χ1) is 9.99. The molecule has 0 bridgehead atoms. The Kier molecular flexibility index (Phi) is 6.68. The average Bonchev–Trinajstić information content (AvgIpc) is 2.51. The average molecular weight is 293 g/mol. The Morgan fingerprint density at radius 3 is 2.29 bits per heavy atom. The van der Waals surface area contributed by atoms with Crippen LogP contribution in [0.5, 0.6) is 0 Å². The van der Waals surface area contributed by atoms with Crippen molar-refractivity contribution in [3.63, 3.8) is 0 Å². The molecule has 0 atom stereocenters. The van der Waals surface area contributed by atoms with Gasteiger partial charge in [0.1, 0.15) is 0 Å². The number of aliphatic hydroxyl groups is 1. The van der Waals surface area contributed by atoms with E-state index in [2.05, 4.69) is 16.0 Å². The molecule has 0 saturated carbocycles. The van der Waals surface area contributed by atoms with E-state index < -0.39 is 11.6 Å². The molecule has 0 aromatic heterocycles. The van der Waals surface area contributed by atoms with Crippen molar-refractivity contribution >= 4 is 17.6 Å². The maximum atomic E-state index is 11.6. The molecular formula is C15H23N3O3. The van der Waals surface area contributed by atoms with Crippen molar-refractivity contribution < 1.29 is 14.7 Å². The molecule has 0 heterocycles. The Morgan fingerprint density at radius 1 is 1.10 bits per heavy atom. The zero-order valence-electron chi connectivity index (χ0n) is 12.5. The third kappa shape index (κ3) is 6.27. The van der Waals surface area contributed by atoms with Gasteiger partial charge in [-0.25, -0.2) is 4.79 Å². The lowest BCUT2D eigenvalue weighted by Crippen LogP contribution is -2.46. The van der Waals surface area contributed by atoms with Gasteiger partial charge in [-0.1, -0.05) is 32.0 Å². The van der Waals surface area contributed by atoms with Crippen molar-refractivity contribution in [1.29, 1.82) is 0 Å². The number of hydrogen-bond donors (Lipinski definition) is 4. The first kappa shape index (κ1) is 17.0. The van der Waals surface area contributed by atoms with E-state index in [9.17, 15) is 14.7 Å². The molecule has 3 amide bonds. The van der Waals surface area contributed by atoms with E-state index >= 15 is 0 Å². The van der Waals surface area contributed by atoms with Gasteiger partial charge in [0.15, 0.2) is 0 Å². The Morgan fingerprint density at radius 2 is 1.71 bits per heavy atom. The fraction of sp³-hybridized carbons (Fsp3) is 0.467. The van der Waals surface area contributed by atoms with Crippen molar-refractivity contribution in [1.82, 2.24) is 10.6 Å². The summed E-state index contributed by atoms with van der Waals surface area (Å²) in [4.78, 5) is 23.2. The van der Waals surface area contributed by atoms with E-state index in [1.165, 1.54) is 0 Å². The van der Waals surface area contributed by atoms with Crippen LogP contribution in [0.15, 0.2) is 30.3 Å². The van der Waals surface area contributed by atoms with Crippen LogP contribution < -0.4 is 16.0 Å². The largest absolute Gasteiger partial charge is 0.388 e. The predicted molar refractivity (Wildman–Crippen MR) is 82.0 cm³/mol. The van der Waals surface area contributed by atoms with Crippen molar-refractivity contribution in [2.75, 3.05) is 18.4 Å². The van der Waals surface area contributed by atoms with Crippen LogP contribution in [0.4, 0.5) is 10.5 Å². The van der Waals surface area contributed by atoms with Crippen molar-refractivity contribution in [2.45, 2.75) is 32.3 Å². The lowest BCUT2D eigenvalue weighted by molar-refractivity contribution is -0.121. The smallest absolute Gasteiger partial charge is 0.319 e. The van der Waals surface area contributed by atoms with Crippen LogP contribution in [0.3, 0.4) is 0 Å². The van der Waals surface area contributed by atoms with Crippen LogP contribution in [0, 0.1) is 0 Å². The van der Waals surface area contributed by atoms with Gasteiger partial charge in [-0.3, -0.25) is 4.79 Å². The summed E-state index contributed by atoms with van der Waals surface area (Å²) < 4.78 is 0. The van der Waals surface area contributed by atoms with Gasteiger partial charge in [0.2, 0.25) is 5.91 Å². The molecule has 0 aliphatic heterocycles. The van der Waals surface area contributed by atoms with Gasteiger partial charge in [-0.05, 0) is 25.0 Å². The SMILES string of the molecule is CCC(O)(CC)CNC(=O)CNC(=O)Nc1ccccc1. The van der Waals surface area contributed by atoms with E-state index in [4.69, 9.17) is 0 Å². The molecule has 0 aliphatic carbocycles. The first-order valence-electron chi connectivity index (χ1n) is 7.08. The summed E-state index contributed by atoms with van der Waals surface area (Å²) in [5.41, 5.74) is -0.233. The molecule has 0 radical (unpaired) electrons. The summed E-state index contributed by atoms with van der Waals surface area (Å²) in [6.45, 7) is 3.77. The highest BCUT2D eigenvalue weighted by Crippen LogP contribution is 2.12. The fourth-order valence-corrected chi connectivity index (χ4v) is 1.68. The second-order valence-electron chi connectivity index (χ2n) is 4.88. The predicted octanol–water partition coefficient (Wildman–Crippen LogP) is 1.48. The van der Waals surface area contributed by atoms with Crippen LogP contribution in [-0.4, -0.2) is 35.7 Å². The lowest BCUT2D eigenvalue weighted by atomic mass is 9.98. The zero-order valence-corrected chi connectivity index (χ0v) is 12.5. The quantitative estimate of drug-likeness (QED) is 0.613. The maximum absolute atomic E-state index is 11.6. The third-order valence-corrected chi connectivity index (χ3v) is 3.37. The van der Waals surface area contributed by atoms with E-state index in [1.807, 2.05) is 19.9 Å². The zero-order chi connectivity index (χ0) is 15.7. The third-order valence-electron chi connectivity index (χ3n) is 3.37. The summed E-state index contributed by atoms with van der Waals surface area (Å²) in [5, 5.41) is 17.7. The second kappa shape index (κ2) is 8.26. The van der Waals surface area contributed by atoms with Gasteiger partial charge in [0, 0.05) is 12.2 Å². The molecule has 0 aliphatic rings. The number of rotatable bonds is 7. The van der Waals surface area contributed by atoms with Crippen LogP contribution >= 0.6 is 0 Å². The van der Waals surface area contributed by atoms with Crippen LogP contribution in [0.1, 0.15) is 26.7 Å². The number of carbonyl (C=O) groups is 2. The Labute approximate surface area is 124 Å². The first-order valence-corrected chi connectivity index (χ1v) is 7.08. The van der Waals surface area contributed by atoms with Crippen LogP contribution in [0.25, 0.3) is 0 Å². The normalized spacial score (nSPS) is 10.8. The Hall–Kier alpha value is -2.08. The molecule has 0 fully saturated rings. The van der Waals surface area contributed by atoms with E-state index in [-0.39, 0.29) is 19.0 Å². The number of nitrogens with one attached hydrogen (secondary N) is 3. The molecule has 4 N–H and O–H groups in total. The van der Waals surface area contributed by atoms with E-state index in [0.717, 1.165) is 0 Å². The molecule has 6 heteroatoms. The van der Waals surface area contributed by atoms with Gasteiger partial charge >= 0.3 is 6.03 Å². The number of urea groups is 1. The minimum Gasteiger partial charge on any atom is -0.388 e. The van der Waals surface area contributed by atoms with Gasteiger partial charge in [-0.15, -0.1) is 0 Å². The molecular weight excluding hydrogens is 270 g/mol. The molecule has 6 nitrogen and oxygen atoms in total. The molecule has 21 heavy (non-hydrogen) atoms. The fourth-order valence-electron chi connectivity index (χ4n) is 1.68. The van der Waals surface area contributed by atoms with Crippen molar-refractivity contribution in [2.24, 2.45) is 0 Å². The molecule has 0 unspecified atom stereocenters. The van der Waals surface area contributed by atoms with Gasteiger partial charge in [-0.2, -0.15) is 0 Å². The number of anilines is 1. The number of hydrogen-bond acceptors (Lipinski definition) is 3. The molecule has 116 valence electrons. The van der Waals surface area contributed by atoms with Gasteiger partial charge in [0.05, 0.1) is 12.1 Å². The molecule has 1 aromatic carbocycles. The summed E-state index contributed by atoms with van der Waals surface area (Å²) in [7, 11) is 0. The monoisotopic (exact) mass is 293 g/mol. The van der Waals surface area contributed by atoms with E-state index in [0.29, 0.717) is 18.5 Å². The summed E-state index contributed by atoms with van der Waals surface area (Å²) in [6.07, 6.45) is 1.12. The summed E-state index contributed by atoms with van der Waals surface area (Å²) >= 11 is 0. The number of benzene rings is 1.